The highest BCUT2D eigenvalue weighted by atomic mass is 16.1. The van der Waals surface area contributed by atoms with Crippen LogP contribution < -0.4 is 10.6 Å². The first-order chi connectivity index (χ1) is 9.51. The van der Waals surface area contributed by atoms with Gasteiger partial charge in [-0.2, -0.15) is 0 Å². The lowest BCUT2D eigenvalue weighted by Gasteiger charge is -2.33. The van der Waals surface area contributed by atoms with Crippen molar-refractivity contribution < 1.29 is 4.79 Å². The summed E-state index contributed by atoms with van der Waals surface area (Å²) in [5.74, 6) is 1.39. The van der Waals surface area contributed by atoms with E-state index >= 15 is 0 Å². The number of benzene rings is 1. The van der Waals surface area contributed by atoms with Crippen LogP contribution in [0.4, 0.5) is 5.69 Å². The summed E-state index contributed by atoms with van der Waals surface area (Å²) >= 11 is 0. The first kappa shape index (κ1) is 14.9. The maximum absolute atomic E-state index is 12.5. The Hall–Kier alpha value is -1.51. The molecule has 0 radical (unpaired) electrons. The number of carbonyl (C=O) groups excluding carboxylic acids is 1. The highest BCUT2D eigenvalue weighted by Crippen LogP contribution is 2.29. The molecule has 110 valence electrons. The van der Waals surface area contributed by atoms with Gasteiger partial charge < -0.3 is 10.6 Å². The Morgan fingerprint density at radius 3 is 2.65 bits per heavy atom. The molecule has 0 aliphatic heterocycles. The van der Waals surface area contributed by atoms with Gasteiger partial charge in [-0.05, 0) is 50.2 Å². The minimum absolute atomic E-state index is 0.0458. The Balaban J connectivity index is 2.10. The van der Waals surface area contributed by atoms with Crippen molar-refractivity contribution in [2.45, 2.75) is 46.1 Å². The number of carbonyl (C=O) groups is 1. The molecule has 1 amide bonds. The SMILES string of the molecule is CNc1ccc(C)cc1C(=O)NC1CCC(C)CC1C. The Kier molecular flexibility index (Phi) is 4.69. The van der Waals surface area contributed by atoms with E-state index in [4.69, 9.17) is 0 Å². The number of nitrogens with one attached hydrogen (secondary N) is 2. The van der Waals surface area contributed by atoms with Crippen LogP contribution in [0.25, 0.3) is 0 Å². The first-order valence-electron chi connectivity index (χ1n) is 7.60. The van der Waals surface area contributed by atoms with Crippen molar-refractivity contribution in [3.8, 4) is 0 Å². The van der Waals surface area contributed by atoms with Crippen LogP contribution in [0.15, 0.2) is 18.2 Å². The van der Waals surface area contributed by atoms with Crippen molar-refractivity contribution in [1.82, 2.24) is 5.32 Å². The molecule has 2 rings (SSSR count). The predicted octanol–water partition coefficient (Wildman–Crippen LogP) is 3.59. The van der Waals surface area contributed by atoms with Gasteiger partial charge in [0.25, 0.3) is 5.91 Å². The number of hydrogen-bond donors (Lipinski definition) is 2. The zero-order valence-corrected chi connectivity index (χ0v) is 13.0. The summed E-state index contributed by atoms with van der Waals surface area (Å²) in [4.78, 5) is 12.5. The number of rotatable bonds is 3. The summed E-state index contributed by atoms with van der Waals surface area (Å²) in [5, 5.41) is 6.33. The van der Waals surface area contributed by atoms with Gasteiger partial charge in [-0.25, -0.2) is 0 Å². The van der Waals surface area contributed by atoms with Crippen LogP contribution in [0, 0.1) is 18.8 Å². The van der Waals surface area contributed by atoms with Crippen LogP contribution >= 0.6 is 0 Å². The van der Waals surface area contributed by atoms with Gasteiger partial charge in [0.1, 0.15) is 0 Å². The minimum atomic E-state index is 0.0458. The topological polar surface area (TPSA) is 41.1 Å². The van der Waals surface area contributed by atoms with Crippen molar-refractivity contribution in [2.75, 3.05) is 12.4 Å². The lowest BCUT2D eigenvalue weighted by atomic mass is 9.80. The smallest absolute Gasteiger partial charge is 0.253 e. The van der Waals surface area contributed by atoms with Crippen molar-refractivity contribution >= 4 is 11.6 Å². The number of hydrogen-bond acceptors (Lipinski definition) is 2. The Morgan fingerprint density at radius 1 is 1.25 bits per heavy atom. The summed E-state index contributed by atoms with van der Waals surface area (Å²) < 4.78 is 0. The lowest BCUT2D eigenvalue weighted by Crippen LogP contribution is -2.42. The highest BCUT2D eigenvalue weighted by Gasteiger charge is 2.27. The third-order valence-corrected chi connectivity index (χ3v) is 4.44. The van der Waals surface area contributed by atoms with E-state index < -0.39 is 0 Å². The molecule has 1 aromatic rings. The number of anilines is 1. The van der Waals surface area contributed by atoms with Crippen molar-refractivity contribution in [1.29, 1.82) is 0 Å². The monoisotopic (exact) mass is 274 g/mol. The molecular formula is C17H26N2O. The molecule has 2 N–H and O–H groups in total. The quantitative estimate of drug-likeness (QED) is 0.884. The number of aryl methyl sites for hydroxylation is 1. The van der Waals surface area contributed by atoms with E-state index in [-0.39, 0.29) is 5.91 Å². The lowest BCUT2D eigenvalue weighted by molar-refractivity contribution is 0.0900. The summed E-state index contributed by atoms with van der Waals surface area (Å²) in [5.41, 5.74) is 2.75. The summed E-state index contributed by atoms with van der Waals surface area (Å²) in [7, 11) is 1.85. The van der Waals surface area contributed by atoms with Gasteiger partial charge >= 0.3 is 0 Å². The standard InChI is InChI=1S/C17H26N2O/c1-11-5-7-15(13(3)9-11)19-17(20)14-10-12(2)6-8-16(14)18-4/h6,8,10-11,13,15,18H,5,7,9H2,1-4H3,(H,19,20). The summed E-state index contributed by atoms with van der Waals surface area (Å²) in [6.07, 6.45) is 3.51. The van der Waals surface area contributed by atoms with Crippen LogP contribution in [0.5, 0.6) is 0 Å². The van der Waals surface area contributed by atoms with Crippen molar-refractivity contribution in [3.05, 3.63) is 29.3 Å². The molecule has 0 bridgehead atoms. The molecule has 1 aromatic carbocycles. The highest BCUT2D eigenvalue weighted by molar-refractivity contribution is 6.00. The Bertz CT molecular complexity index is 484. The molecule has 1 saturated carbocycles. The molecule has 20 heavy (non-hydrogen) atoms. The molecule has 0 spiro atoms. The summed E-state index contributed by atoms with van der Waals surface area (Å²) in [6, 6.07) is 6.26. The fraction of sp³-hybridized carbons (Fsp3) is 0.588. The zero-order chi connectivity index (χ0) is 14.7. The zero-order valence-electron chi connectivity index (χ0n) is 13.0. The fourth-order valence-corrected chi connectivity index (χ4v) is 3.19. The van der Waals surface area contributed by atoms with Crippen LogP contribution in [0.3, 0.4) is 0 Å². The van der Waals surface area contributed by atoms with Crippen LogP contribution in [-0.4, -0.2) is 19.0 Å². The van der Waals surface area contributed by atoms with Crippen LogP contribution in [0.1, 0.15) is 49.0 Å². The molecule has 3 nitrogen and oxygen atoms in total. The summed E-state index contributed by atoms with van der Waals surface area (Å²) in [6.45, 7) is 6.56. The van der Waals surface area contributed by atoms with E-state index in [2.05, 4.69) is 24.5 Å². The second kappa shape index (κ2) is 6.29. The molecule has 1 aliphatic rings. The molecular weight excluding hydrogens is 248 g/mol. The van der Waals surface area contributed by atoms with Gasteiger partial charge in [0.05, 0.1) is 5.56 Å². The van der Waals surface area contributed by atoms with Gasteiger partial charge in [-0.3, -0.25) is 4.79 Å². The van der Waals surface area contributed by atoms with E-state index in [0.29, 0.717) is 12.0 Å². The second-order valence-electron chi connectivity index (χ2n) is 6.27. The average Bonchev–Trinajstić information content (AvgIpc) is 2.41. The minimum Gasteiger partial charge on any atom is -0.387 e. The second-order valence-corrected chi connectivity index (χ2v) is 6.27. The average molecular weight is 274 g/mol. The molecule has 3 atom stereocenters. The Labute approximate surface area is 122 Å². The van der Waals surface area contributed by atoms with E-state index in [1.54, 1.807) is 0 Å². The largest absolute Gasteiger partial charge is 0.387 e. The van der Waals surface area contributed by atoms with Gasteiger partial charge in [-0.1, -0.05) is 25.5 Å². The molecule has 0 aromatic heterocycles. The molecule has 3 unspecified atom stereocenters. The first-order valence-corrected chi connectivity index (χ1v) is 7.60. The van der Waals surface area contributed by atoms with E-state index in [9.17, 15) is 4.79 Å². The van der Waals surface area contributed by atoms with Gasteiger partial charge in [0.15, 0.2) is 0 Å². The molecule has 3 heteroatoms. The van der Waals surface area contributed by atoms with Crippen LogP contribution in [-0.2, 0) is 0 Å². The van der Waals surface area contributed by atoms with E-state index in [1.165, 1.54) is 12.8 Å². The fourth-order valence-electron chi connectivity index (χ4n) is 3.19. The molecule has 0 heterocycles. The maximum atomic E-state index is 12.5. The Morgan fingerprint density at radius 2 is 2.00 bits per heavy atom. The predicted molar refractivity (Wildman–Crippen MR) is 84.2 cm³/mol. The van der Waals surface area contributed by atoms with Crippen LogP contribution in [0.2, 0.25) is 0 Å². The van der Waals surface area contributed by atoms with E-state index in [1.807, 2.05) is 32.2 Å². The van der Waals surface area contributed by atoms with Gasteiger partial charge in [0, 0.05) is 18.8 Å². The third-order valence-electron chi connectivity index (χ3n) is 4.44. The number of amides is 1. The molecule has 0 saturated heterocycles. The van der Waals surface area contributed by atoms with Crippen molar-refractivity contribution in [3.63, 3.8) is 0 Å². The molecule has 1 fully saturated rings. The third kappa shape index (κ3) is 3.33. The normalized spacial score (nSPS) is 26.1. The van der Waals surface area contributed by atoms with Crippen molar-refractivity contribution in [2.24, 2.45) is 11.8 Å². The van der Waals surface area contributed by atoms with E-state index in [0.717, 1.165) is 29.2 Å². The van der Waals surface area contributed by atoms with Gasteiger partial charge in [0.2, 0.25) is 0 Å². The molecule has 1 aliphatic carbocycles. The van der Waals surface area contributed by atoms with Gasteiger partial charge in [-0.15, -0.1) is 0 Å². The maximum Gasteiger partial charge on any atom is 0.253 e.